The molecule has 24 heavy (non-hydrogen) atoms. The monoisotopic (exact) mass is 335 g/mol. The zero-order valence-corrected chi connectivity index (χ0v) is 13.0. The van der Waals surface area contributed by atoms with Crippen LogP contribution in [0.2, 0.25) is 0 Å². The highest BCUT2D eigenvalue weighted by molar-refractivity contribution is 6.27. The second kappa shape index (κ2) is 9.96. The first-order valence-electron chi connectivity index (χ1n) is 6.97. The summed E-state index contributed by atoms with van der Waals surface area (Å²) in [6.07, 6.45) is 0. The summed E-state index contributed by atoms with van der Waals surface area (Å²) < 4.78 is 18.3. The largest absolute Gasteiger partial charge is 0.496 e. The highest BCUT2D eigenvalue weighted by Crippen LogP contribution is 2.16. The molecule has 3 N–H and O–H groups in total. The van der Waals surface area contributed by atoms with Crippen molar-refractivity contribution < 1.29 is 28.9 Å². The molecule has 0 aliphatic heterocycles. The lowest BCUT2D eigenvalue weighted by atomic mass is 10.2. The molecule has 0 radical (unpaired) electrons. The average Bonchev–Trinajstić information content (AvgIpc) is 2.56. The SMILES string of the molecule is COc1ccccc1CNCc1cccc(F)c1.O=C(O)C(=O)O. The summed E-state index contributed by atoms with van der Waals surface area (Å²) in [5.74, 6) is -2.99. The quantitative estimate of drug-likeness (QED) is 0.726. The molecule has 0 fully saturated rings. The molecule has 0 saturated heterocycles. The van der Waals surface area contributed by atoms with Crippen LogP contribution in [0.4, 0.5) is 4.39 Å². The van der Waals surface area contributed by atoms with Gasteiger partial charge in [-0.15, -0.1) is 0 Å². The number of para-hydroxylation sites is 1. The molecule has 0 bridgehead atoms. The Morgan fingerprint density at radius 2 is 1.71 bits per heavy atom. The standard InChI is InChI=1S/C15H16FNO.C2H2O4/c1-18-15-8-3-2-6-13(15)11-17-10-12-5-4-7-14(16)9-12;3-1(4)2(5)6/h2-9,17H,10-11H2,1H3;(H,3,4)(H,5,6). The Kier molecular flexibility index (Phi) is 7.93. The molecule has 128 valence electrons. The van der Waals surface area contributed by atoms with Crippen molar-refractivity contribution in [2.45, 2.75) is 13.1 Å². The van der Waals surface area contributed by atoms with Crippen LogP contribution in [-0.2, 0) is 22.7 Å². The molecular weight excluding hydrogens is 317 g/mol. The number of carboxylic acids is 2. The van der Waals surface area contributed by atoms with Gasteiger partial charge in [-0.25, -0.2) is 14.0 Å². The first-order chi connectivity index (χ1) is 11.4. The summed E-state index contributed by atoms with van der Waals surface area (Å²) in [6.45, 7) is 1.33. The fourth-order valence-corrected chi connectivity index (χ4v) is 1.84. The van der Waals surface area contributed by atoms with Gasteiger partial charge < -0.3 is 20.3 Å². The van der Waals surface area contributed by atoms with Gasteiger partial charge >= 0.3 is 11.9 Å². The van der Waals surface area contributed by atoms with E-state index < -0.39 is 11.9 Å². The molecule has 0 heterocycles. The number of ether oxygens (including phenoxy) is 1. The van der Waals surface area contributed by atoms with E-state index in [2.05, 4.69) is 5.32 Å². The summed E-state index contributed by atoms with van der Waals surface area (Å²) in [4.78, 5) is 18.2. The first kappa shape index (κ1) is 19.1. The van der Waals surface area contributed by atoms with E-state index in [0.717, 1.165) is 16.9 Å². The minimum Gasteiger partial charge on any atom is -0.496 e. The van der Waals surface area contributed by atoms with Gasteiger partial charge in [0.1, 0.15) is 11.6 Å². The van der Waals surface area contributed by atoms with E-state index in [1.807, 2.05) is 30.3 Å². The lowest BCUT2D eigenvalue weighted by molar-refractivity contribution is -0.159. The van der Waals surface area contributed by atoms with Crippen LogP contribution in [-0.4, -0.2) is 29.3 Å². The van der Waals surface area contributed by atoms with Gasteiger partial charge in [0.05, 0.1) is 7.11 Å². The molecule has 0 aliphatic carbocycles. The third-order valence-corrected chi connectivity index (χ3v) is 2.91. The average molecular weight is 335 g/mol. The smallest absolute Gasteiger partial charge is 0.414 e. The second-order valence-electron chi connectivity index (χ2n) is 4.66. The Labute approximate surface area is 138 Å². The Balaban J connectivity index is 0.000000413. The van der Waals surface area contributed by atoms with Gasteiger partial charge in [0.25, 0.3) is 0 Å². The molecule has 0 atom stereocenters. The Morgan fingerprint density at radius 1 is 1.04 bits per heavy atom. The zero-order valence-electron chi connectivity index (χ0n) is 13.0. The summed E-state index contributed by atoms with van der Waals surface area (Å²) in [5, 5.41) is 18.1. The van der Waals surface area contributed by atoms with Gasteiger partial charge in [0, 0.05) is 18.7 Å². The number of hydrogen-bond donors (Lipinski definition) is 3. The van der Waals surface area contributed by atoms with Crippen molar-refractivity contribution in [1.82, 2.24) is 5.32 Å². The van der Waals surface area contributed by atoms with Gasteiger partial charge in [-0.2, -0.15) is 0 Å². The highest BCUT2D eigenvalue weighted by Gasteiger charge is 2.04. The third-order valence-electron chi connectivity index (χ3n) is 2.91. The van der Waals surface area contributed by atoms with Crippen LogP contribution in [0, 0.1) is 5.82 Å². The molecule has 7 heteroatoms. The van der Waals surface area contributed by atoms with Crippen LogP contribution < -0.4 is 10.1 Å². The number of carboxylic acid groups (broad SMARTS) is 2. The minimum absolute atomic E-state index is 0.202. The van der Waals surface area contributed by atoms with E-state index >= 15 is 0 Å². The summed E-state index contributed by atoms with van der Waals surface area (Å²) in [7, 11) is 1.66. The van der Waals surface area contributed by atoms with Crippen LogP contribution in [0.3, 0.4) is 0 Å². The molecule has 0 amide bonds. The van der Waals surface area contributed by atoms with E-state index in [9.17, 15) is 4.39 Å². The molecule has 6 nitrogen and oxygen atoms in total. The topological polar surface area (TPSA) is 95.9 Å². The first-order valence-corrected chi connectivity index (χ1v) is 6.97. The molecule has 0 unspecified atom stereocenters. The van der Waals surface area contributed by atoms with Crippen molar-refractivity contribution >= 4 is 11.9 Å². The number of nitrogens with one attached hydrogen (secondary N) is 1. The van der Waals surface area contributed by atoms with Crippen LogP contribution in [0.25, 0.3) is 0 Å². The Bertz CT molecular complexity index is 678. The van der Waals surface area contributed by atoms with Gasteiger partial charge in [-0.3, -0.25) is 0 Å². The fraction of sp³-hybridized carbons (Fsp3) is 0.176. The lowest BCUT2D eigenvalue weighted by Crippen LogP contribution is -2.13. The molecular formula is C17H18FNO5. The molecule has 0 saturated carbocycles. The van der Waals surface area contributed by atoms with E-state index in [0.29, 0.717) is 13.1 Å². The molecule has 2 aromatic rings. The maximum Gasteiger partial charge on any atom is 0.414 e. The molecule has 2 rings (SSSR count). The Morgan fingerprint density at radius 3 is 2.29 bits per heavy atom. The summed E-state index contributed by atoms with van der Waals surface area (Å²) in [5.41, 5.74) is 2.03. The van der Waals surface area contributed by atoms with Gasteiger partial charge in [-0.1, -0.05) is 30.3 Å². The summed E-state index contributed by atoms with van der Waals surface area (Å²) >= 11 is 0. The number of halogens is 1. The maximum atomic E-state index is 13.0. The van der Waals surface area contributed by atoms with Crippen molar-refractivity contribution in [3.63, 3.8) is 0 Å². The fourth-order valence-electron chi connectivity index (χ4n) is 1.84. The minimum atomic E-state index is -1.82. The van der Waals surface area contributed by atoms with E-state index in [1.54, 1.807) is 13.2 Å². The lowest BCUT2D eigenvalue weighted by Gasteiger charge is -2.09. The van der Waals surface area contributed by atoms with Crippen LogP contribution >= 0.6 is 0 Å². The predicted molar refractivity (Wildman–Crippen MR) is 85.2 cm³/mol. The van der Waals surface area contributed by atoms with Crippen LogP contribution in [0.15, 0.2) is 48.5 Å². The maximum absolute atomic E-state index is 13.0. The number of methoxy groups -OCH3 is 1. The van der Waals surface area contributed by atoms with Crippen molar-refractivity contribution in [3.05, 3.63) is 65.5 Å². The van der Waals surface area contributed by atoms with Crippen LogP contribution in [0.5, 0.6) is 5.75 Å². The normalized spacial score (nSPS) is 9.58. The van der Waals surface area contributed by atoms with E-state index in [-0.39, 0.29) is 5.82 Å². The van der Waals surface area contributed by atoms with Gasteiger partial charge in [0.2, 0.25) is 0 Å². The number of aliphatic carboxylic acids is 2. The second-order valence-corrected chi connectivity index (χ2v) is 4.66. The molecule has 0 spiro atoms. The highest BCUT2D eigenvalue weighted by atomic mass is 19.1. The van der Waals surface area contributed by atoms with E-state index in [1.165, 1.54) is 12.1 Å². The van der Waals surface area contributed by atoms with Crippen molar-refractivity contribution in [2.75, 3.05) is 7.11 Å². The summed E-state index contributed by atoms with van der Waals surface area (Å²) in [6, 6.07) is 14.5. The van der Waals surface area contributed by atoms with Crippen LogP contribution in [0.1, 0.15) is 11.1 Å². The zero-order chi connectivity index (χ0) is 17.9. The van der Waals surface area contributed by atoms with Gasteiger partial charge in [-0.05, 0) is 23.8 Å². The Hall–Kier alpha value is -2.93. The van der Waals surface area contributed by atoms with E-state index in [4.69, 9.17) is 24.5 Å². The molecule has 0 aromatic heterocycles. The van der Waals surface area contributed by atoms with Crippen molar-refractivity contribution in [3.8, 4) is 5.75 Å². The third kappa shape index (κ3) is 6.89. The van der Waals surface area contributed by atoms with Crippen molar-refractivity contribution in [1.29, 1.82) is 0 Å². The predicted octanol–water partition coefficient (Wildman–Crippen LogP) is 2.28. The number of rotatable bonds is 5. The number of benzene rings is 2. The molecule has 2 aromatic carbocycles. The number of carbonyl (C=O) groups is 2. The van der Waals surface area contributed by atoms with Gasteiger partial charge in [0.15, 0.2) is 0 Å². The van der Waals surface area contributed by atoms with Crippen molar-refractivity contribution in [2.24, 2.45) is 0 Å². The molecule has 0 aliphatic rings. The number of hydrogen-bond acceptors (Lipinski definition) is 4.